The molecule has 5 nitrogen and oxygen atoms in total. The molecule has 132 valence electrons. The Labute approximate surface area is 149 Å². The molecular formula is C20H16FNO4. The lowest BCUT2D eigenvalue weighted by molar-refractivity contribution is -0.132. The summed E-state index contributed by atoms with van der Waals surface area (Å²) in [6.07, 6.45) is 1.58. The summed E-state index contributed by atoms with van der Waals surface area (Å²) in [7, 11) is 0. The highest BCUT2D eigenvalue weighted by atomic mass is 19.1. The Kier molecular flexibility index (Phi) is 4.67. The molecule has 0 N–H and O–H groups in total. The van der Waals surface area contributed by atoms with Crippen molar-refractivity contribution >= 4 is 23.9 Å². The van der Waals surface area contributed by atoms with E-state index in [9.17, 15) is 14.0 Å². The van der Waals surface area contributed by atoms with Gasteiger partial charge in [-0.2, -0.15) is 0 Å². The molecule has 0 spiro atoms. The average molecular weight is 353 g/mol. The third-order valence-electron chi connectivity index (χ3n) is 3.72. The van der Waals surface area contributed by atoms with Gasteiger partial charge in [0.2, 0.25) is 5.90 Å². The molecule has 0 atom stereocenters. The molecule has 1 aliphatic rings. The van der Waals surface area contributed by atoms with Gasteiger partial charge in [0.15, 0.2) is 5.70 Å². The number of hydrogen-bond acceptors (Lipinski definition) is 5. The zero-order chi connectivity index (χ0) is 18.8. The van der Waals surface area contributed by atoms with Crippen LogP contribution in [0.2, 0.25) is 0 Å². The van der Waals surface area contributed by atoms with E-state index in [1.165, 1.54) is 25.1 Å². The van der Waals surface area contributed by atoms with Crippen LogP contribution in [0.25, 0.3) is 6.08 Å². The second-order valence-corrected chi connectivity index (χ2v) is 5.92. The molecule has 0 unspecified atom stereocenters. The fourth-order valence-corrected chi connectivity index (χ4v) is 2.68. The van der Waals surface area contributed by atoms with E-state index in [2.05, 4.69) is 4.99 Å². The highest BCUT2D eigenvalue weighted by molar-refractivity contribution is 6.12. The van der Waals surface area contributed by atoms with E-state index in [0.29, 0.717) is 16.9 Å². The minimum absolute atomic E-state index is 0.0609. The Bertz CT molecular complexity index is 953. The first-order chi connectivity index (χ1) is 12.3. The lowest BCUT2D eigenvalue weighted by Crippen LogP contribution is -2.05. The monoisotopic (exact) mass is 353 g/mol. The largest absolute Gasteiger partial charge is 0.426 e. The number of esters is 2. The zero-order valence-corrected chi connectivity index (χ0v) is 14.5. The highest BCUT2D eigenvalue weighted by Gasteiger charge is 2.24. The van der Waals surface area contributed by atoms with Crippen LogP contribution in [0.5, 0.6) is 5.75 Å². The fourth-order valence-electron chi connectivity index (χ4n) is 2.68. The number of halogens is 1. The van der Waals surface area contributed by atoms with Crippen LogP contribution in [0, 0.1) is 19.7 Å². The van der Waals surface area contributed by atoms with Crippen LogP contribution in [0.4, 0.5) is 4.39 Å². The van der Waals surface area contributed by atoms with Crippen molar-refractivity contribution in [3.05, 3.63) is 70.2 Å². The summed E-state index contributed by atoms with van der Waals surface area (Å²) in [5.74, 6) is -0.885. The molecule has 2 aromatic carbocycles. The summed E-state index contributed by atoms with van der Waals surface area (Å²) >= 11 is 0. The quantitative estimate of drug-likeness (QED) is 0.479. The fraction of sp³-hybridized carbons (Fsp3) is 0.150. The van der Waals surface area contributed by atoms with Gasteiger partial charge >= 0.3 is 11.9 Å². The SMILES string of the molecule is CC(=O)Oc1c(C)cc(/C=C2\N=C(c3cccc(F)c3)OC2=O)cc1C. The maximum absolute atomic E-state index is 13.3. The first kappa shape index (κ1) is 17.5. The van der Waals surface area contributed by atoms with Gasteiger partial charge in [0, 0.05) is 12.5 Å². The number of ether oxygens (including phenoxy) is 2. The van der Waals surface area contributed by atoms with Crippen LogP contribution in [0.15, 0.2) is 47.1 Å². The van der Waals surface area contributed by atoms with E-state index in [4.69, 9.17) is 9.47 Å². The normalized spacial score (nSPS) is 15.0. The smallest absolute Gasteiger partial charge is 0.363 e. The van der Waals surface area contributed by atoms with Crippen molar-refractivity contribution in [3.63, 3.8) is 0 Å². The van der Waals surface area contributed by atoms with Crippen molar-refractivity contribution in [2.24, 2.45) is 4.99 Å². The molecule has 2 aromatic rings. The van der Waals surface area contributed by atoms with Gasteiger partial charge in [-0.1, -0.05) is 6.07 Å². The Balaban J connectivity index is 1.94. The molecule has 26 heavy (non-hydrogen) atoms. The van der Waals surface area contributed by atoms with Crippen LogP contribution in [0.3, 0.4) is 0 Å². The molecule has 0 aliphatic carbocycles. The summed E-state index contributed by atoms with van der Waals surface area (Å²) in [5, 5.41) is 0. The molecule has 0 amide bonds. The van der Waals surface area contributed by atoms with Crippen molar-refractivity contribution in [2.75, 3.05) is 0 Å². The zero-order valence-electron chi connectivity index (χ0n) is 14.5. The first-order valence-corrected chi connectivity index (χ1v) is 7.91. The number of nitrogens with zero attached hydrogens (tertiary/aromatic N) is 1. The second-order valence-electron chi connectivity index (χ2n) is 5.92. The molecule has 3 rings (SSSR count). The minimum atomic E-state index is -0.608. The Hall–Kier alpha value is -3.28. The summed E-state index contributed by atoms with van der Waals surface area (Å²) in [6.45, 7) is 4.95. The summed E-state index contributed by atoms with van der Waals surface area (Å²) in [6, 6.07) is 9.23. The third kappa shape index (κ3) is 3.69. The number of hydrogen-bond donors (Lipinski definition) is 0. The van der Waals surface area contributed by atoms with Crippen molar-refractivity contribution in [1.82, 2.24) is 0 Å². The standard InChI is InChI=1S/C20H16FNO4/c1-11-7-14(8-12(2)18(11)25-13(3)23)9-17-20(24)26-19(22-17)15-5-4-6-16(21)10-15/h4-10H,1-3H3/b17-9-. The molecule has 0 saturated carbocycles. The molecule has 0 aromatic heterocycles. The van der Waals surface area contributed by atoms with Crippen molar-refractivity contribution in [2.45, 2.75) is 20.8 Å². The van der Waals surface area contributed by atoms with Gasteiger partial charge in [-0.3, -0.25) is 4.79 Å². The number of rotatable bonds is 3. The third-order valence-corrected chi connectivity index (χ3v) is 3.72. The van der Waals surface area contributed by atoms with Gasteiger partial charge in [-0.05, 0) is 66.9 Å². The van der Waals surface area contributed by atoms with Crippen LogP contribution >= 0.6 is 0 Å². The van der Waals surface area contributed by atoms with Crippen molar-refractivity contribution in [3.8, 4) is 5.75 Å². The predicted octanol–water partition coefficient (Wildman–Crippen LogP) is 3.71. The topological polar surface area (TPSA) is 65.0 Å². The summed E-state index contributed by atoms with van der Waals surface area (Å²) in [5.41, 5.74) is 2.73. The van der Waals surface area contributed by atoms with E-state index in [1.807, 2.05) is 13.8 Å². The van der Waals surface area contributed by atoms with E-state index in [1.54, 1.807) is 24.3 Å². The lowest BCUT2D eigenvalue weighted by atomic mass is 10.0. The van der Waals surface area contributed by atoms with Gasteiger partial charge in [0.05, 0.1) is 0 Å². The van der Waals surface area contributed by atoms with Crippen molar-refractivity contribution < 1.29 is 23.5 Å². The first-order valence-electron chi connectivity index (χ1n) is 7.91. The average Bonchev–Trinajstić information content (AvgIpc) is 2.92. The molecule has 0 saturated heterocycles. The highest BCUT2D eigenvalue weighted by Crippen LogP contribution is 2.27. The van der Waals surface area contributed by atoms with Gasteiger partial charge in [0.1, 0.15) is 11.6 Å². The molecular weight excluding hydrogens is 337 g/mol. The number of aryl methyl sites for hydroxylation is 2. The number of carbonyl (C=O) groups excluding carboxylic acids is 2. The van der Waals surface area contributed by atoms with Crippen LogP contribution in [0.1, 0.15) is 29.2 Å². The van der Waals surface area contributed by atoms with Crippen LogP contribution in [-0.4, -0.2) is 17.8 Å². The summed E-state index contributed by atoms with van der Waals surface area (Å²) < 4.78 is 23.7. The summed E-state index contributed by atoms with van der Waals surface area (Å²) in [4.78, 5) is 27.4. The number of aliphatic imine (C=N–C) groups is 1. The van der Waals surface area contributed by atoms with Crippen molar-refractivity contribution in [1.29, 1.82) is 0 Å². The molecule has 1 aliphatic heterocycles. The molecule has 6 heteroatoms. The van der Waals surface area contributed by atoms with Gasteiger partial charge in [0.25, 0.3) is 0 Å². The van der Waals surface area contributed by atoms with Gasteiger partial charge in [-0.15, -0.1) is 0 Å². The Morgan fingerprint density at radius 2 is 1.88 bits per heavy atom. The second kappa shape index (κ2) is 6.92. The number of cyclic esters (lactones) is 1. The van der Waals surface area contributed by atoms with E-state index in [-0.39, 0.29) is 11.6 Å². The van der Waals surface area contributed by atoms with E-state index in [0.717, 1.165) is 11.1 Å². The molecule has 0 bridgehead atoms. The minimum Gasteiger partial charge on any atom is -0.426 e. The van der Waals surface area contributed by atoms with Gasteiger partial charge < -0.3 is 9.47 Å². The lowest BCUT2D eigenvalue weighted by Gasteiger charge is -2.10. The van der Waals surface area contributed by atoms with Gasteiger partial charge in [-0.25, -0.2) is 14.2 Å². The maximum Gasteiger partial charge on any atom is 0.363 e. The maximum atomic E-state index is 13.3. The Morgan fingerprint density at radius 1 is 1.19 bits per heavy atom. The molecule has 0 fully saturated rings. The number of carbonyl (C=O) groups is 2. The van der Waals surface area contributed by atoms with E-state index >= 15 is 0 Å². The molecule has 0 radical (unpaired) electrons. The number of benzene rings is 2. The molecule has 1 heterocycles. The predicted molar refractivity (Wildman–Crippen MR) is 94.2 cm³/mol. The van der Waals surface area contributed by atoms with Crippen LogP contribution in [-0.2, 0) is 14.3 Å². The van der Waals surface area contributed by atoms with Crippen LogP contribution < -0.4 is 4.74 Å². The van der Waals surface area contributed by atoms with E-state index < -0.39 is 17.8 Å². The Morgan fingerprint density at radius 3 is 2.50 bits per heavy atom.